The van der Waals surface area contributed by atoms with Crippen LogP contribution in [0.15, 0.2) is 40.9 Å². The molecular weight excluding hydrogens is 328 g/mol. The zero-order chi connectivity index (χ0) is 14.8. The molecule has 2 aromatic rings. The summed E-state index contributed by atoms with van der Waals surface area (Å²) in [6.45, 7) is 0. The summed E-state index contributed by atoms with van der Waals surface area (Å²) in [7, 11) is 0. The van der Waals surface area contributed by atoms with E-state index in [4.69, 9.17) is 5.73 Å². The zero-order valence-corrected chi connectivity index (χ0v) is 13.4. The molecule has 4 heteroatoms. The SMILES string of the molecule is NC1CCCC(C(=O)Nc2ccc3cc(Br)ccc3c2)C1. The number of hydrogen-bond donors (Lipinski definition) is 2. The van der Waals surface area contributed by atoms with E-state index in [2.05, 4.69) is 27.3 Å². The van der Waals surface area contributed by atoms with E-state index in [0.29, 0.717) is 0 Å². The van der Waals surface area contributed by atoms with Gasteiger partial charge in [0, 0.05) is 22.1 Å². The molecule has 2 atom stereocenters. The maximum atomic E-state index is 12.3. The van der Waals surface area contributed by atoms with Crippen molar-refractivity contribution < 1.29 is 4.79 Å². The molecule has 0 spiro atoms. The Morgan fingerprint density at radius 3 is 2.71 bits per heavy atom. The van der Waals surface area contributed by atoms with Crippen molar-refractivity contribution in [1.82, 2.24) is 0 Å². The number of nitrogens with one attached hydrogen (secondary N) is 1. The molecule has 1 amide bonds. The molecule has 1 aliphatic carbocycles. The fourth-order valence-electron chi connectivity index (χ4n) is 3.00. The van der Waals surface area contributed by atoms with Gasteiger partial charge in [0.25, 0.3) is 0 Å². The summed E-state index contributed by atoms with van der Waals surface area (Å²) in [6, 6.07) is 12.3. The number of hydrogen-bond acceptors (Lipinski definition) is 2. The molecule has 3 N–H and O–H groups in total. The number of anilines is 1. The third-order valence-corrected chi connectivity index (χ3v) is 4.65. The molecule has 0 bridgehead atoms. The van der Waals surface area contributed by atoms with Crippen LogP contribution in [-0.4, -0.2) is 11.9 Å². The van der Waals surface area contributed by atoms with Crippen LogP contribution in [0.4, 0.5) is 5.69 Å². The molecule has 2 aromatic carbocycles. The van der Waals surface area contributed by atoms with E-state index in [-0.39, 0.29) is 17.9 Å². The number of nitrogens with two attached hydrogens (primary N) is 1. The van der Waals surface area contributed by atoms with Gasteiger partial charge in [-0.3, -0.25) is 4.79 Å². The van der Waals surface area contributed by atoms with Gasteiger partial charge < -0.3 is 11.1 Å². The number of halogens is 1. The Hall–Kier alpha value is -1.39. The summed E-state index contributed by atoms with van der Waals surface area (Å²) >= 11 is 3.47. The second-order valence-corrected chi connectivity index (χ2v) is 6.73. The Morgan fingerprint density at radius 2 is 1.90 bits per heavy atom. The fourth-order valence-corrected chi connectivity index (χ4v) is 3.38. The number of amides is 1. The molecular formula is C17H19BrN2O. The molecule has 110 valence electrons. The molecule has 0 aliphatic heterocycles. The number of benzene rings is 2. The van der Waals surface area contributed by atoms with Crippen LogP contribution in [0.2, 0.25) is 0 Å². The van der Waals surface area contributed by atoms with Gasteiger partial charge in [0.1, 0.15) is 0 Å². The first-order chi connectivity index (χ1) is 10.1. The summed E-state index contributed by atoms with van der Waals surface area (Å²) in [5, 5.41) is 5.31. The predicted molar refractivity (Wildman–Crippen MR) is 90.2 cm³/mol. The summed E-state index contributed by atoms with van der Waals surface area (Å²) < 4.78 is 1.06. The van der Waals surface area contributed by atoms with Crippen molar-refractivity contribution in [2.45, 2.75) is 31.7 Å². The molecule has 1 aliphatic rings. The highest BCUT2D eigenvalue weighted by atomic mass is 79.9. The van der Waals surface area contributed by atoms with Crippen LogP contribution in [-0.2, 0) is 4.79 Å². The first-order valence-electron chi connectivity index (χ1n) is 7.37. The Balaban J connectivity index is 1.75. The Kier molecular flexibility index (Phi) is 4.27. The molecule has 0 heterocycles. The molecule has 21 heavy (non-hydrogen) atoms. The van der Waals surface area contributed by atoms with Crippen molar-refractivity contribution in [3.05, 3.63) is 40.9 Å². The number of rotatable bonds is 2. The molecule has 0 radical (unpaired) electrons. The van der Waals surface area contributed by atoms with Crippen LogP contribution < -0.4 is 11.1 Å². The minimum atomic E-state index is 0.0503. The first kappa shape index (κ1) is 14.5. The van der Waals surface area contributed by atoms with Gasteiger partial charge >= 0.3 is 0 Å². The highest BCUT2D eigenvalue weighted by Gasteiger charge is 2.25. The van der Waals surface area contributed by atoms with E-state index < -0.39 is 0 Å². The van der Waals surface area contributed by atoms with E-state index in [1.807, 2.05) is 30.3 Å². The maximum absolute atomic E-state index is 12.3. The van der Waals surface area contributed by atoms with E-state index in [1.165, 1.54) is 0 Å². The lowest BCUT2D eigenvalue weighted by Gasteiger charge is -2.25. The normalized spacial score (nSPS) is 22.2. The van der Waals surface area contributed by atoms with E-state index in [1.54, 1.807) is 0 Å². The second-order valence-electron chi connectivity index (χ2n) is 5.82. The Bertz CT molecular complexity index is 671. The van der Waals surface area contributed by atoms with Crippen molar-refractivity contribution in [2.75, 3.05) is 5.32 Å². The Morgan fingerprint density at radius 1 is 1.14 bits per heavy atom. The van der Waals surface area contributed by atoms with E-state index in [9.17, 15) is 4.79 Å². The van der Waals surface area contributed by atoms with Gasteiger partial charge in [-0.15, -0.1) is 0 Å². The first-order valence-corrected chi connectivity index (χ1v) is 8.17. The molecule has 3 rings (SSSR count). The highest BCUT2D eigenvalue weighted by molar-refractivity contribution is 9.10. The minimum absolute atomic E-state index is 0.0503. The van der Waals surface area contributed by atoms with Gasteiger partial charge in [-0.1, -0.05) is 34.5 Å². The van der Waals surface area contributed by atoms with Crippen LogP contribution in [0.5, 0.6) is 0 Å². The minimum Gasteiger partial charge on any atom is -0.328 e. The molecule has 1 fully saturated rings. The summed E-state index contributed by atoms with van der Waals surface area (Å²) in [6.07, 6.45) is 3.83. The van der Waals surface area contributed by atoms with Gasteiger partial charge in [0.15, 0.2) is 0 Å². The molecule has 1 saturated carbocycles. The quantitative estimate of drug-likeness (QED) is 0.861. The van der Waals surface area contributed by atoms with Gasteiger partial charge in [-0.2, -0.15) is 0 Å². The topological polar surface area (TPSA) is 55.1 Å². The summed E-state index contributed by atoms with van der Waals surface area (Å²) in [5.41, 5.74) is 6.82. The van der Waals surface area contributed by atoms with Gasteiger partial charge in [0.05, 0.1) is 0 Å². The lowest BCUT2D eigenvalue weighted by Crippen LogP contribution is -2.34. The lowest BCUT2D eigenvalue weighted by molar-refractivity contribution is -0.120. The number of fused-ring (bicyclic) bond motifs is 1. The predicted octanol–water partition coefficient (Wildman–Crippen LogP) is 4.06. The smallest absolute Gasteiger partial charge is 0.227 e. The van der Waals surface area contributed by atoms with Crippen LogP contribution in [0.1, 0.15) is 25.7 Å². The molecule has 0 aromatic heterocycles. The Labute approximate surface area is 133 Å². The van der Waals surface area contributed by atoms with Gasteiger partial charge in [-0.05, 0) is 54.3 Å². The molecule has 3 nitrogen and oxygen atoms in total. The summed E-state index contributed by atoms with van der Waals surface area (Å²) in [4.78, 5) is 12.3. The fraction of sp³-hybridized carbons (Fsp3) is 0.353. The van der Waals surface area contributed by atoms with Crippen molar-refractivity contribution in [3.63, 3.8) is 0 Å². The molecule has 2 unspecified atom stereocenters. The number of carbonyl (C=O) groups is 1. The molecule has 0 saturated heterocycles. The van der Waals surface area contributed by atoms with E-state index in [0.717, 1.165) is 46.6 Å². The average Bonchev–Trinajstić information content (AvgIpc) is 2.47. The third kappa shape index (κ3) is 3.44. The summed E-state index contributed by atoms with van der Waals surface area (Å²) in [5.74, 6) is 0.149. The van der Waals surface area contributed by atoms with Gasteiger partial charge in [0.2, 0.25) is 5.91 Å². The maximum Gasteiger partial charge on any atom is 0.227 e. The standard InChI is InChI=1S/C17H19BrN2O/c18-14-6-4-12-10-16(7-5-11(12)8-14)20-17(21)13-2-1-3-15(19)9-13/h4-8,10,13,15H,1-3,9,19H2,(H,20,21). The van der Waals surface area contributed by atoms with Crippen LogP contribution in [0.3, 0.4) is 0 Å². The number of carbonyl (C=O) groups excluding carboxylic acids is 1. The third-order valence-electron chi connectivity index (χ3n) is 4.16. The van der Waals surface area contributed by atoms with Crippen molar-refractivity contribution in [3.8, 4) is 0 Å². The van der Waals surface area contributed by atoms with Crippen molar-refractivity contribution >= 4 is 38.3 Å². The van der Waals surface area contributed by atoms with Crippen molar-refractivity contribution in [1.29, 1.82) is 0 Å². The average molecular weight is 347 g/mol. The van der Waals surface area contributed by atoms with Gasteiger partial charge in [-0.25, -0.2) is 0 Å². The highest BCUT2D eigenvalue weighted by Crippen LogP contribution is 2.26. The van der Waals surface area contributed by atoms with Crippen LogP contribution in [0, 0.1) is 5.92 Å². The van der Waals surface area contributed by atoms with Crippen LogP contribution >= 0.6 is 15.9 Å². The lowest BCUT2D eigenvalue weighted by atomic mass is 9.85. The monoisotopic (exact) mass is 346 g/mol. The van der Waals surface area contributed by atoms with Crippen LogP contribution in [0.25, 0.3) is 10.8 Å². The second kappa shape index (κ2) is 6.16. The zero-order valence-electron chi connectivity index (χ0n) is 11.8. The largest absolute Gasteiger partial charge is 0.328 e. The van der Waals surface area contributed by atoms with Crippen molar-refractivity contribution in [2.24, 2.45) is 11.7 Å². The van der Waals surface area contributed by atoms with E-state index >= 15 is 0 Å².